The first-order valence-corrected chi connectivity index (χ1v) is 16.9. The summed E-state index contributed by atoms with van der Waals surface area (Å²) in [4.78, 5) is 15.5. The normalized spacial score (nSPS) is 11.6. The number of benzene rings is 8. The fourth-order valence-electron chi connectivity index (χ4n) is 7.29. The van der Waals surface area contributed by atoms with Crippen molar-refractivity contribution in [2.75, 3.05) is 0 Å². The molecule has 3 nitrogen and oxygen atoms in total. The molecule has 0 unspecified atom stereocenters. The molecule has 232 valence electrons. The van der Waals surface area contributed by atoms with Crippen LogP contribution in [0.2, 0.25) is 0 Å². The van der Waals surface area contributed by atoms with Crippen LogP contribution in [0, 0.1) is 0 Å². The molecular weight excluding hydrogens is 607 g/mol. The van der Waals surface area contributed by atoms with Crippen molar-refractivity contribution in [3.8, 4) is 45.2 Å². The molecule has 2 heterocycles. The summed E-state index contributed by atoms with van der Waals surface area (Å²) in [6.45, 7) is 0. The monoisotopic (exact) mass is 635 g/mol. The third-order valence-electron chi connectivity index (χ3n) is 9.82. The molecule has 0 N–H and O–H groups in total. The predicted octanol–water partition coefficient (Wildman–Crippen LogP) is 12.3. The fraction of sp³-hybridized carbons (Fsp3) is 0. The standard InChI is InChI=1S/C47H29N3/c1-3-12-35-27-37(23-17-30(35)9-1)44-29-43(49-47(50-44)38-24-18-31-10-2-4-13-36(31)28-38)33-19-21-34(22-20-33)46-41-26-25-32-11-5-6-14-39(32)45(41)40-15-7-8-16-42(40)48-46/h1-29H. The van der Waals surface area contributed by atoms with Crippen molar-refractivity contribution < 1.29 is 0 Å². The molecule has 0 aliphatic heterocycles. The molecule has 0 fully saturated rings. The first-order valence-electron chi connectivity index (χ1n) is 16.9. The first kappa shape index (κ1) is 28.3. The summed E-state index contributed by atoms with van der Waals surface area (Å²) >= 11 is 0. The molecule has 0 aliphatic rings. The highest BCUT2D eigenvalue weighted by atomic mass is 14.9. The van der Waals surface area contributed by atoms with E-state index in [-0.39, 0.29) is 0 Å². The number of hydrogen-bond donors (Lipinski definition) is 0. The molecule has 0 aliphatic carbocycles. The summed E-state index contributed by atoms with van der Waals surface area (Å²) in [6.07, 6.45) is 0. The van der Waals surface area contributed by atoms with E-state index in [2.05, 4.69) is 176 Å². The molecular formula is C47H29N3. The van der Waals surface area contributed by atoms with Gasteiger partial charge in [-0.25, -0.2) is 15.0 Å². The van der Waals surface area contributed by atoms with E-state index in [9.17, 15) is 0 Å². The molecule has 0 radical (unpaired) electrons. The number of pyridine rings is 1. The molecule has 50 heavy (non-hydrogen) atoms. The Morgan fingerprint density at radius 1 is 0.300 bits per heavy atom. The van der Waals surface area contributed by atoms with E-state index < -0.39 is 0 Å². The van der Waals surface area contributed by atoms with Gasteiger partial charge in [-0.05, 0) is 56.6 Å². The Kier molecular flexibility index (Phi) is 6.49. The van der Waals surface area contributed by atoms with Crippen molar-refractivity contribution in [3.05, 3.63) is 176 Å². The molecule has 2 aromatic heterocycles. The van der Waals surface area contributed by atoms with Crippen LogP contribution in [0.5, 0.6) is 0 Å². The Morgan fingerprint density at radius 3 is 1.56 bits per heavy atom. The molecule has 0 amide bonds. The van der Waals surface area contributed by atoms with Crippen LogP contribution in [-0.4, -0.2) is 15.0 Å². The minimum Gasteiger partial charge on any atom is -0.247 e. The second-order valence-electron chi connectivity index (χ2n) is 12.9. The molecule has 10 aromatic rings. The summed E-state index contributed by atoms with van der Waals surface area (Å²) in [6, 6.07) is 62.1. The highest BCUT2D eigenvalue weighted by Gasteiger charge is 2.15. The highest BCUT2D eigenvalue weighted by molar-refractivity contribution is 6.22. The lowest BCUT2D eigenvalue weighted by Crippen LogP contribution is -1.96. The van der Waals surface area contributed by atoms with Crippen molar-refractivity contribution >= 4 is 54.0 Å². The third kappa shape index (κ3) is 4.79. The predicted molar refractivity (Wildman–Crippen MR) is 209 cm³/mol. The first-order chi connectivity index (χ1) is 24.7. The van der Waals surface area contributed by atoms with Gasteiger partial charge < -0.3 is 0 Å². The zero-order valence-corrected chi connectivity index (χ0v) is 27.1. The van der Waals surface area contributed by atoms with E-state index in [0.717, 1.165) is 50.2 Å². The van der Waals surface area contributed by atoms with Crippen molar-refractivity contribution in [1.82, 2.24) is 15.0 Å². The second-order valence-corrected chi connectivity index (χ2v) is 12.9. The van der Waals surface area contributed by atoms with E-state index in [1.54, 1.807) is 0 Å². The third-order valence-corrected chi connectivity index (χ3v) is 9.82. The number of para-hydroxylation sites is 1. The number of hydrogen-bond acceptors (Lipinski definition) is 3. The van der Waals surface area contributed by atoms with E-state index >= 15 is 0 Å². The van der Waals surface area contributed by atoms with Crippen LogP contribution in [0.1, 0.15) is 0 Å². The number of rotatable bonds is 4. The lowest BCUT2D eigenvalue weighted by molar-refractivity contribution is 1.18. The average Bonchev–Trinajstić information content (AvgIpc) is 3.20. The maximum Gasteiger partial charge on any atom is 0.160 e. The molecule has 0 saturated carbocycles. The van der Waals surface area contributed by atoms with Gasteiger partial charge in [-0.3, -0.25) is 0 Å². The van der Waals surface area contributed by atoms with Gasteiger partial charge in [0.1, 0.15) is 0 Å². The van der Waals surface area contributed by atoms with E-state index in [0.29, 0.717) is 5.82 Å². The quantitative estimate of drug-likeness (QED) is 0.181. The van der Waals surface area contributed by atoms with Gasteiger partial charge in [0.05, 0.1) is 22.6 Å². The van der Waals surface area contributed by atoms with E-state index in [1.807, 2.05) is 0 Å². The Labute approximate surface area is 289 Å². The van der Waals surface area contributed by atoms with Gasteiger partial charge in [-0.1, -0.05) is 152 Å². The Balaban J connectivity index is 1.13. The van der Waals surface area contributed by atoms with Crippen LogP contribution in [-0.2, 0) is 0 Å². The number of fused-ring (bicyclic) bond motifs is 7. The molecule has 8 aromatic carbocycles. The van der Waals surface area contributed by atoms with Gasteiger partial charge in [0.2, 0.25) is 0 Å². The molecule has 3 heteroatoms. The summed E-state index contributed by atoms with van der Waals surface area (Å²) in [7, 11) is 0. The van der Waals surface area contributed by atoms with Crippen LogP contribution in [0.3, 0.4) is 0 Å². The van der Waals surface area contributed by atoms with Crippen LogP contribution < -0.4 is 0 Å². The Bertz CT molecular complexity index is 2810. The van der Waals surface area contributed by atoms with Gasteiger partial charge in [0.15, 0.2) is 5.82 Å². The van der Waals surface area contributed by atoms with Gasteiger partial charge in [0, 0.05) is 38.4 Å². The SMILES string of the molecule is c1ccc2cc(-c3cc(-c4ccc(-c5nc6ccccc6c6c5ccc5ccccc56)cc4)nc(-c4ccc5ccccc5c4)n3)ccc2c1. The topological polar surface area (TPSA) is 38.7 Å². The maximum absolute atomic E-state index is 5.21. The Morgan fingerprint density at radius 2 is 0.820 bits per heavy atom. The zero-order chi connectivity index (χ0) is 33.0. The second kappa shape index (κ2) is 11.5. The Hall–Kier alpha value is -6.71. The van der Waals surface area contributed by atoms with Gasteiger partial charge in [-0.15, -0.1) is 0 Å². The molecule has 10 rings (SSSR count). The maximum atomic E-state index is 5.21. The van der Waals surface area contributed by atoms with Gasteiger partial charge in [-0.2, -0.15) is 0 Å². The van der Waals surface area contributed by atoms with Crippen LogP contribution in [0.4, 0.5) is 0 Å². The van der Waals surface area contributed by atoms with Gasteiger partial charge >= 0.3 is 0 Å². The molecule has 0 bridgehead atoms. The number of aromatic nitrogens is 3. The summed E-state index contributed by atoms with van der Waals surface area (Å²) in [5.41, 5.74) is 7.88. The smallest absolute Gasteiger partial charge is 0.160 e. The average molecular weight is 636 g/mol. The summed E-state index contributed by atoms with van der Waals surface area (Å²) < 4.78 is 0. The molecule has 0 saturated heterocycles. The van der Waals surface area contributed by atoms with Crippen LogP contribution >= 0.6 is 0 Å². The largest absolute Gasteiger partial charge is 0.247 e. The molecule has 0 spiro atoms. The number of nitrogens with zero attached hydrogens (tertiary/aromatic N) is 3. The zero-order valence-electron chi connectivity index (χ0n) is 27.1. The minimum absolute atomic E-state index is 0.703. The van der Waals surface area contributed by atoms with Gasteiger partial charge in [0.25, 0.3) is 0 Å². The summed E-state index contributed by atoms with van der Waals surface area (Å²) in [5.74, 6) is 0.703. The minimum atomic E-state index is 0.703. The summed E-state index contributed by atoms with van der Waals surface area (Å²) in [5, 5.41) is 10.8. The van der Waals surface area contributed by atoms with Crippen molar-refractivity contribution in [2.24, 2.45) is 0 Å². The van der Waals surface area contributed by atoms with Crippen LogP contribution in [0.15, 0.2) is 176 Å². The van der Waals surface area contributed by atoms with Crippen molar-refractivity contribution in [3.63, 3.8) is 0 Å². The lowest BCUT2D eigenvalue weighted by Gasteiger charge is -2.13. The fourth-order valence-corrected chi connectivity index (χ4v) is 7.29. The van der Waals surface area contributed by atoms with Crippen molar-refractivity contribution in [2.45, 2.75) is 0 Å². The van der Waals surface area contributed by atoms with Crippen LogP contribution in [0.25, 0.3) is 99.2 Å². The van der Waals surface area contributed by atoms with E-state index in [4.69, 9.17) is 15.0 Å². The highest BCUT2D eigenvalue weighted by Crippen LogP contribution is 2.38. The van der Waals surface area contributed by atoms with Crippen molar-refractivity contribution in [1.29, 1.82) is 0 Å². The lowest BCUT2D eigenvalue weighted by atomic mass is 9.95. The van der Waals surface area contributed by atoms with E-state index in [1.165, 1.54) is 43.1 Å². The molecule has 0 atom stereocenters.